The van der Waals surface area contributed by atoms with Gasteiger partial charge in [-0.25, -0.2) is 0 Å². The number of hydrogen-bond donors (Lipinski definition) is 2. The van der Waals surface area contributed by atoms with Crippen molar-refractivity contribution in [2.75, 3.05) is 33.3 Å². The Morgan fingerprint density at radius 2 is 1.77 bits per heavy atom. The third kappa shape index (κ3) is 7.29. The lowest BCUT2D eigenvalue weighted by Gasteiger charge is -2.27. The SMILES string of the molecule is CCN(CC)CCCNC(=S)N(Cc1ccc(OC)cc1)Cc1cc2c(C)cc(C)cc2[nH]c1=O. The van der Waals surface area contributed by atoms with E-state index < -0.39 is 0 Å². The maximum Gasteiger partial charge on any atom is 0.253 e. The predicted octanol–water partition coefficient (Wildman–Crippen LogP) is 4.76. The average molecular weight is 495 g/mol. The number of aromatic amines is 1. The van der Waals surface area contributed by atoms with Gasteiger partial charge in [-0.05, 0) is 93.1 Å². The lowest BCUT2D eigenvalue weighted by atomic mass is 10.0. The van der Waals surface area contributed by atoms with E-state index >= 15 is 0 Å². The molecule has 0 aliphatic rings. The lowest BCUT2D eigenvalue weighted by molar-refractivity contribution is 0.299. The first-order chi connectivity index (χ1) is 16.8. The van der Waals surface area contributed by atoms with Gasteiger partial charge in [-0.3, -0.25) is 4.79 Å². The van der Waals surface area contributed by atoms with Crippen LogP contribution in [0.2, 0.25) is 0 Å². The quantitative estimate of drug-likeness (QED) is 0.296. The number of aromatic nitrogens is 1. The molecule has 0 unspecified atom stereocenters. The fourth-order valence-electron chi connectivity index (χ4n) is 4.34. The Kier molecular flexibility index (Phi) is 9.69. The number of methoxy groups -OCH3 is 1. The summed E-state index contributed by atoms with van der Waals surface area (Å²) in [5.74, 6) is 0.814. The van der Waals surface area contributed by atoms with Crippen molar-refractivity contribution in [2.24, 2.45) is 0 Å². The monoisotopic (exact) mass is 494 g/mol. The molecule has 0 amide bonds. The van der Waals surface area contributed by atoms with Crippen LogP contribution in [0.3, 0.4) is 0 Å². The van der Waals surface area contributed by atoms with Crippen LogP contribution in [0, 0.1) is 13.8 Å². The van der Waals surface area contributed by atoms with Crippen LogP contribution in [0.25, 0.3) is 10.9 Å². The Balaban J connectivity index is 1.81. The van der Waals surface area contributed by atoms with Crippen LogP contribution in [0.4, 0.5) is 0 Å². The minimum absolute atomic E-state index is 0.0773. The van der Waals surface area contributed by atoms with Crippen LogP contribution in [-0.4, -0.2) is 53.2 Å². The molecule has 0 aliphatic carbocycles. The normalized spacial score (nSPS) is 11.1. The Bertz CT molecular complexity index is 1190. The van der Waals surface area contributed by atoms with Crippen molar-refractivity contribution in [3.63, 3.8) is 0 Å². The Morgan fingerprint density at radius 1 is 1.06 bits per heavy atom. The van der Waals surface area contributed by atoms with E-state index in [1.54, 1.807) is 7.11 Å². The fraction of sp³-hybridized carbons (Fsp3) is 0.429. The predicted molar refractivity (Wildman–Crippen MR) is 149 cm³/mol. The highest BCUT2D eigenvalue weighted by molar-refractivity contribution is 7.80. The second-order valence-electron chi connectivity index (χ2n) is 8.98. The lowest BCUT2D eigenvalue weighted by Crippen LogP contribution is -2.41. The molecule has 0 bridgehead atoms. The zero-order valence-corrected chi connectivity index (χ0v) is 22.4. The van der Waals surface area contributed by atoms with Crippen molar-refractivity contribution in [1.29, 1.82) is 0 Å². The number of hydrogen-bond acceptors (Lipinski definition) is 4. The van der Waals surface area contributed by atoms with Gasteiger partial charge in [0.1, 0.15) is 5.75 Å². The van der Waals surface area contributed by atoms with E-state index in [1.807, 2.05) is 43.3 Å². The van der Waals surface area contributed by atoms with Gasteiger partial charge in [0.15, 0.2) is 5.11 Å². The molecule has 6 nitrogen and oxygen atoms in total. The zero-order valence-electron chi connectivity index (χ0n) is 21.6. The number of ether oxygens (including phenoxy) is 1. The number of nitrogens with one attached hydrogen (secondary N) is 2. The number of nitrogens with zero attached hydrogens (tertiary/aromatic N) is 2. The summed E-state index contributed by atoms with van der Waals surface area (Å²) in [5, 5.41) is 5.13. The van der Waals surface area contributed by atoms with E-state index in [9.17, 15) is 4.79 Å². The van der Waals surface area contributed by atoms with Gasteiger partial charge in [0.05, 0.1) is 13.7 Å². The summed E-state index contributed by atoms with van der Waals surface area (Å²) in [7, 11) is 1.66. The molecule has 0 saturated heterocycles. The average Bonchev–Trinajstić information content (AvgIpc) is 2.84. The summed E-state index contributed by atoms with van der Waals surface area (Å²) >= 11 is 5.80. The number of fused-ring (bicyclic) bond motifs is 1. The molecule has 0 saturated carbocycles. The highest BCUT2D eigenvalue weighted by Gasteiger charge is 2.15. The van der Waals surface area contributed by atoms with Crippen molar-refractivity contribution in [2.45, 2.75) is 47.2 Å². The molecule has 0 radical (unpaired) electrons. The first-order valence-electron chi connectivity index (χ1n) is 12.4. The van der Waals surface area contributed by atoms with Crippen molar-refractivity contribution in [3.05, 3.63) is 75.1 Å². The van der Waals surface area contributed by atoms with E-state index in [0.717, 1.165) is 65.9 Å². The number of thiocarbonyl (C=S) groups is 1. The van der Waals surface area contributed by atoms with Crippen molar-refractivity contribution >= 4 is 28.2 Å². The standard InChI is InChI=1S/C28H38N4O2S/c1-6-31(7-2)14-8-13-29-28(35)32(18-22-9-11-24(34-5)12-10-22)19-23-17-25-21(4)15-20(3)16-26(25)30-27(23)33/h9-12,15-17H,6-8,13-14,18-19H2,1-5H3,(H,29,35)(H,30,33). The smallest absolute Gasteiger partial charge is 0.253 e. The van der Waals surface area contributed by atoms with Crippen molar-refractivity contribution in [1.82, 2.24) is 20.1 Å². The first kappa shape index (κ1) is 26.7. The van der Waals surface area contributed by atoms with Gasteiger partial charge < -0.3 is 24.8 Å². The molecular formula is C28H38N4O2S. The number of rotatable bonds is 11. The molecule has 2 N–H and O–H groups in total. The Labute approximate surface area is 214 Å². The molecular weight excluding hydrogens is 456 g/mol. The molecule has 0 spiro atoms. The van der Waals surface area contributed by atoms with E-state index in [0.29, 0.717) is 23.8 Å². The summed E-state index contributed by atoms with van der Waals surface area (Å²) in [6.45, 7) is 13.4. The van der Waals surface area contributed by atoms with Crippen LogP contribution in [0.1, 0.15) is 42.5 Å². The van der Waals surface area contributed by atoms with Crippen LogP contribution in [0.5, 0.6) is 5.75 Å². The van der Waals surface area contributed by atoms with Gasteiger partial charge in [-0.1, -0.05) is 32.0 Å². The molecule has 3 rings (SSSR count). The van der Waals surface area contributed by atoms with Crippen LogP contribution in [0.15, 0.2) is 47.3 Å². The summed E-state index contributed by atoms with van der Waals surface area (Å²) in [6.07, 6.45) is 1.01. The minimum Gasteiger partial charge on any atom is -0.497 e. The second-order valence-corrected chi connectivity index (χ2v) is 9.37. The van der Waals surface area contributed by atoms with Gasteiger partial charge in [0.2, 0.25) is 0 Å². The molecule has 7 heteroatoms. The van der Waals surface area contributed by atoms with E-state index in [2.05, 4.69) is 46.9 Å². The molecule has 0 aliphatic heterocycles. The summed E-state index contributed by atoms with van der Waals surface area (Å²) in [4.78, 5) is 20.5. The third-order valence-corrected chi connectivity index (χ3v) is 6.79. The molecule has 2 aromatic carbocycles. The van der Waals surface area contributed by atoms with Gasteiger partial charge in [-0.2, -0.15) is 0 Å². The number of benzene rings is 2. The summed E-state index contributed by atoms with van der Waals surface area (Å²) < 4.78 is 5.30. The summed E-state index contributed by atoms with van der Waals surface area (Å²) in [6, 6.07) is 14.1. The van der Waals surface area contributed by atoms with Crippen LogP contribution in [-0.2, 0) is 13.1 Å². The van der Waals surface area contributed by atoms with Gasteiger partial charge in [0, 0.05) is 29.6 Å². The highest BCUT2D eigenvalue weighted by atomic mass is 32.1. The largest absolute Gasteiger partial charge is 0.497 e. The molecule has 35 heavy (non-hydrogen) atoms. The summed E-state index contributed by atoms with van der Waals surface area (Å²) in [5.41, 5.74) is 4.87. The van der Waals surface area contributed by atoms with Gasteiger partial charge in [0.25, 0.3) is 5.56 Å². The Morgan fingerprint density at radius 3 is 2.43 bits per heavy atom. The van der Waals surface area contributed by atoms with E-state index in [1.165, 1.54) is 0 Å². The first-order valence-corrected chi connectivity index (χ1v) is 12.8. The van der Waals surface area contributed by atoms with Crippen LogP contribution < -0.4 is 15.6 Å². The van der Waals surface area contributed by atoms with E-state index in [4.69, 9.17) is 17.0 Å². The maximum atomic E-state index is 13.0. The molecule has 188 valence electrons. The molecule has 3 aromatic rings. The molecule has 1 heterocycles. The Hall–Kier alpha value is -2.90. The maximum absolute atomic E-state index is 13.0. The molecule has 0 atom stereocenters. The van der Waals surface area contributed by atoms with Crippen LogP contribution >= 0.6 is 12.2 Å². The van der Waals surface area contributed by atoms with Gasteiger partial charge in [-0.15, -0.1) is 0 Å². The third-order valence-electron chi connectivity index (χ3n) is 6.39. The van der Waals surface area contributed by atoms with E-state index in [-0.39, 0.29) is 5.56 Å². The number of aryl methyl sites for hydroxylation is 2. The van der Waals surface area contributed by atoms with Crippen molar-refractivity contribution in [3.8, 4) is 5.75 Å². The fourth-order valence-corrected chi connectivity index (χ4v) is 4.57. The molecule has 1 aromatic heterocycles. The minimum atomic E-state index is -0.0773. The number of H-pyrrole nitrogens is 1. The zero-order chi connectivity index (χ0) is 25.4. The van der Waals surface area contributed by atoms with Crippen molar-refractivity contribution < 1.29 is 4.74 Å². The molecule has 0 fully saturated rings. The number of pyridine rings is 1. The topological polar surface area (TPSA) is 60.6 Å². The van der Waals surface area contributed by atoms with Gasteiger partial charge >= 0.3 is 0 Å². The highest BCUT2D eigenvalue weighted by Crippen LogP contribution is 2.20. The second kappa shape index (κ2) is 12.7.